The molecule has 0 aliphatic carbocycles. The van der Waals surface area contributed by atoms with Crippen molar-refractivity contribution in [2.75, 3.05) is 12.0 Å². The van der Waals surface area contributed by atoms with Crippen molar-refractivity contribution in [3.8, 4) is 0 Å². The number of ketones is 1. The molecule has 7 heteroatoms. The van der Waals surface area contributed by atoms with Gasteiger partial charge in [0.2, 0.25) is 0 Å². The molecule has 2 aromatic rings. The van der Waals surface area contributed by atoms with Gasteiger partial charge < -0.3 is 4.57 Å². The van der Waals surface area contributed by atoms with Crippen LogP contribution >= 0.6 is 34.9 Å². The van der Waals surface area contributed by atoms with E-state index in [2.05, 4.69) is 28.6 Å². The fraction of sp³-hybridized carbons (Fsp3) is 0.500. The van der Waals surface area contributed by atoms with Crippen LogP contribution in [0, 0.1) is 13.8 Å². The monoisotopic (exact) mass is 341 g/mol. The molecule has 0 radical (unpaired) electrons. The molecule has 0 amide bonds. The molecule has 0 aliphatic rings. The Kier molecular flexibility index (Phi) is 5.89. The summed E-state index contributed by atoms with van der Waals surface area (Å²) in [6, 6.07) is 2.00. The molecule has 0 N–H and O–H groups in total. The number of thioether (sulfide) groups is 2. The molecule has 0 aromatic carbocycles. The van der Waals surface area contributed by atoms with Gasteiger partial charge in [0, 0.05) is 23.5 Å². The van der Waals surface area contributed by atoms with Gasteiger partial charge in [-0.05, 0) is 32.6 Å². The van der Waals surface area contributed by atoms with Crippen LogP contribution in [0.25, 0.3) is 0 Å². The van der Waals surface area contributed by atoms with E-state index in [0.29, 0.717) is 5.75 Å². The van der Waals surface area contributed by atoms with Gasteiger partial charge >= 0.3 is 0 Å². The maximum atomic E-state index is 12.4. The number of carbonyl (C=O) groups is 1. The van der Waals surface area contributed by atoms with Crippen LogP contribution < -0.4 is 0 Å². The van der Waals surface area contributed by atoms with E-state index in [4.69, 9.17) is 0 Å². The Morgan fingerprint density at radius 3 is 2.67 bits per heavy atom. The lowest BCUT2D eigenvalue weighted by molar-refractivity contribution is 0.102. The molecule has 0 saturated heterocycles. The van der Waals surface area contributed by atoms with Crippen molar-refractivity contribution in [2.24, 2.45) is 0 Å². The smallest absolute Gasteiger partial charge is 0.175 e. The van der Waals surface area contributed by atoms with Gasteiger partial charge in [0.25, 0.3) is 0 Å². The van der Waals surface area contributed by atoms with Crippen molar-refractivity contribution in [3.05, 3.63) is 23.0 Å². The van der Waals surface area contributed by atoms with Gasteiger partial charge in [0.1, 0.15) is 0 Å². The molecule has 0 spiro atoms. The second-order valence-corrected chi connectivity index (χ2v) is 7.94. The maximum absolute atomic E-state index is 12.4. The van der Waals surface area contributed by atoms with Gasteiger partial charge in [-0.25, -0.2) is 0 Å². The summed E-state index contributed by atoms with van der Waals surface area (Å²) in [6.07, 6.45) is 3.05. The van der Waals surface area contributed by atoms with Crippen molar-refractivity contribution in [3.63, 3.8) is 0 Å². The second-order valence-electron chi connectivity index (χ2n) is 4.69. The van der Waals surface area contributed by atoms with Crippen molar-refractivity contribution >= 4 is 40.6 Å². The van der Waals surface area contributed by atoms with Gasteiger partial charge in [0.05, 0.1) is 5.75 Å². The number of hydrogen-bond donors (Lipinski definition) is 0. The highest BCUT2D eigenvalue weighted by atomic mass is 32.2. The number of aromatic nitrogens is 3. The van der Waals surface area contributed by atoms with Gasteiger partial charge in [-0.2, -0.15) is 0 Å². The van der Waals surface area contributed by atoms with Crippen molar-refractivity contribution < 1.29 is 4.79 Å². The third-order valence-electron chi connectivity index (χ3n) is 3.21. The Hall–Kier alpha value is -0.790. The largest absolute Gasteiger partial charge is 0.348 e. The second kappa shape index (κ2) is 7.47. The number of rotatable bonds is 7. The van der Waals surface area contributed by atoms with Crippen LogP contribution in [0.4, 0.5) is 0 Å². The van der Waals surface area contributed by atoms with Crippen LogP contribution in [0.15, 0.2) is 14.7 Å². The summed E-state index contributed by atoms with van der Waals surface area (Å²) in [5.41, 5.74) is 3.06. The number of carbonyl (C=O) groups excluding carboxylic acids is 1. The minimum Gasteiger partial charge on any atom is -0.348 e. The molecule has 0 fully saturated rings. The van der Waals surface area contributed by atoms with Crippen LogP contribution in [-0.4, -0.2) is 32.6 Å². The molecule has 0 atom stereocenters. The Bertz CT molecular complexity index is 633. The molecule has 4 nitrogen and oxygen atoms in total. The molecule has 0 unspecified atom stereocenters. The summed E-state index contributed by atoms with van der Waals surface area (Å²) in [7, 11) is 0. The number of hydrogen-bond acceptors (Lipinski definition) is 6. The van der Waals surface area contributed by atoms with Crippen LogP contribution in [0.5, 0.6) is 0 Å². The van der Waals surface area contributed by atoms with Crippen LogP contribution in [0.2, 0.25) is 0 Å². The van der Waals surface area contributed by atoms with E-state index in [-0.39, 0.29) is 5.78 Å². The molecular weight excluding hydrogens is 322 g/mol. The first-order valence-corrected chi connectivity index (χ1v) is 9.79. The molecular formula is C14H19N3OS3. The van der Waals surface area contributed by atoms with Gasteiger partial charge in [-0.3, -0.25) is 4.79 Å². The summed E-state index contributed by atoms with van der Waals surface area (Å²) >= 11 is 4.58. The summed E-state index contributed by atoms with van der Waals surface area (Å²) in [6.45, 7) is 7.19. The normalized spacial score (nSPS) is 11.0. The molecule has 2 heterocycles. The lowest BCUT2D eigenvalue weighted by Gasteiger charge is -2.07. The van der Waals surface area contributed by atoms with Gasteiger partial charge in [-0.15, -0.1) is 10.2 Å². The summed E-state index contributed by atoms with van der Waals surface area (Å²) in [4.78, 5) is 12.4. The minimum absolute atomic E-state index is 0.163. The minimum atomic E-state index is 0.163. The Labute approximate surface area is 137 Å². The highest BCUT2D eigenvalue weighted by molar-refractivity contribution is 8.03. The number of aryl methyl sites for hydroxylation is 1. The topological polar surface area (TPSA) is 47.8 Å². The number of Topliss-reactive ketones (excluding diaryl/α,β-unsaturated/α-hetero) is 1. The summed E-state index contributed by atoms with van der Waals surface area (Å²) in [5.74, 6) is 0.579. The van der Waals surface area contributed by atoms with E-state index in [0.717, 1.165) is 38.6 Å². The first-order chi connectivity index (χ1) is 10.1. The van der Waals surface area contributed by atoms with Gasteiger partial charge in [-0.1, -0.05) is 41.8 Å². The third kappa shape index (κ3) is 3.90. The van der Waals surface area contributed by atoms with E-state index >= 15 is 0 Å². The molecule has 21 heavy (non-hydrogen) atoms. The fourth-order valence-electron chi connectivity index (χ4n) is 2.19. The quantitative estimate of drug-likeness (QED) is 0.561. The standard InChI is InChI=1S/C14H19N3OS3/c1-5-6-17-9(2)7-11(10(17)3)12(18)8-20-14-16-15-13(19-4)21-14/h7H,5-6,8H2,1-4H3. The van der Waals surface area contributed by atoms with Crippen LogP contribution in [0.1, 0.15) is 35.1 Å². The first kappa shape index (κ1) is 16.6. The van der Waals surface area contributed by atoms with E-state index in [1.54, 1.807) is 11.8 Å². The van der Waals surface area contributed by atoms with Crippen molar-refractivity contribution in [1.82, 2.24) is 14.8 Å². The highest BCUT2D eigenvalue weighted by Gasteiger charge is 2.16. The molecule has 2 aromatic heterocycles. The lowest BCUT2D eigenvalue weighted by Crippen LogP contribution is -2.06. The SMILES string of the molecule is CCCn1c(C)cc(C(=O)CSc2nnc(SC)s2)c1C. The van der Waals surface area contributed by atoms with Gasteiger partial charge in [0.15, 0.2) is 14.5 Å². The van der Waals surface area contributed by atoms with Crippen LogP contribution in [-0.2, 0) is 6.54 Å². The zero-order chi connectivity index (χ0) is 15.4. The Morgan fingerprint density at radius 1 is 1.33 bits per heavy atom. The van der Waals surface area contributed by atoms with E-state index in [9.17, 15) is 4.79 Å². The van der Waals surface area contributed by atoms with E-state index in [1.807, 2.05) is 19.2 Å². The molecule has 114 valence electrons. The molecule has 0 bridgehead atoms. The molecule has 0 saturated carbocycles. The molecule has 2 rings (SSSR count). The average Bonchev–Trinajstić information content (AvgIpc) is 3.04. The molecule has 0 aliphatic heterocycles. The van der Waals surface area contributed by atoms with Crippen molar-refractivity contribution in [1.29, 1.82) is 0 Å². The predicted octanol–water partition coefficient (Wildman–Crippen LogP) is 4.06. The van der Waals surface area contributed by atoms with E-state index < -0.39 is 0 Å². The number of nitrogens with zero attached hydrogens (tertiary/aromatic N) is 3. The highest BCUT2D eigenvalue weighted by Crippen LogP contribution is 2.28. The first-order valence-electron chi connectivity index (χ1n) is 6.77. The summed E-state index contributed by atoms with van der Waals surface area (Å²) < 4.78 is 4.01. The lowest BCUT2D eigenvalue weighted by atomic mass is 10.2. The third-order valence-corrected chi connectivity index (χ3v) is 6.24. The Balaban J connectivity index is 2.05. The van der Waals surface area contributed by atoms with E-state index in [1.165, 1.54) is 23.1 Å². The average molecular weight is 342 g/mol. The predicted molar refractivity (Wildman–Crippen MR) is 90.9 cm³/mol. The van der Waals surface area contributed by atoms with Crippen LogP contribution in [0.3, 0.4) is 0 Å². The maximum Gasteiger partial charge on any atom is 0.175 e. The Morgan fingerprint density at radius 2 is 2.05 bits per heavy atom. The summed E-state index contributed by atoms with van der Waals surface area (Å²) in [5, 5.41) is 8.12. The van der Waals surface area contributed by atoms with Crippen molar-refractivity contribution in [2.45, 2.75) is 42.4 Å². The zero-order valence-electron chi connectivity index (χ0n) is 12.7. The zero-order valence-corrected chi connectivity index (χ0v) is 15.1. The fourth-order valence-corrected chi connectivity index (χ4v) is 4.52.